The van der Waals surface area contributed by atoms with Crippen LogP contribution in [0.2, 0.25) is 5.02 Å². The number of rotatable bonds is 5. The topological polar surface area (TPSA) is 64.3 Å². The first-order valence-corrected chi connectivity index (χ1v) is 5.62. The number of hydrogen-bond donors (Lipinski definition) is 1. The highest BCUT2D eigenvalue weighted by molar-refractivity contribution is 6.32. The van der Waals surface area contributed by atoms with E-state index in [0.717, 1.165) is 12.1 Å². The smallest absolute Gasteiger partial charge is 0.323 e. The Hall–Kier alpha value is -1.73. The second kappa shape index (κ2) is 6.12. The van der Waals surface area contributed by atoms with Crippen molar-refractivity contribution >= 4 is 23.3 Å². The van der Waals surface area contributed by atoms with Crippen LogP contribution in [0.4, 0.5) is 5.69 Å². The monoisotopic (exact) mass is 252 g/mol. The Morgan fingerprint density at radius 2 is 2.29 bits per heavy atom. The van der Waals surface area contributed by atoms with Crippen molar-refractivity contribution in [2.24, 2.45) is 0 Å². The molecule has 0 aliphatic rings. The number of carboxylic acid groups (broad SMARTS) is 1. The lowest BCUT2D eigenvalue weighted by Gasteiger charge is -2.22. The number of carboxylic acids is 1. The van der Waals surface area contributed by atoms with Crippen LogP contribution in [0.15, 0.2) is 18.2 Å². The van der Waals surface area contributed by atoms with Gasteiger partial charge in [-0.25, -0.2) is 0 Å². The number of nitriles is 1. The van der Waals surface area contributed by atoms with E-state index in [0.29, 0.717) is 17.1 Å². The molecule has 1 rings (SSSR count). The van der Waals surface area contributed by atoms with E-state index >= 15 is 0 Å². The van der Waals surface area contributed by atoms with Gasteiger partial charge in [-0.1, -0.05) is 18.5 Å². The predicted octanol–water partition coefficient (Wildman–Crippen LogP) is 2.51. The van der Waals surface area contributed by atoms with Crippen molar-refractivity contribution in [3.63, 3.8) is 0 Å². The summed E-state index contributed by atoms with van der Waals surface area (Å²) in [7, 11) is 0. The minimum Gasteiger partial charge on any atom is -0.480 e. The minimum atomic E-state index is -0.890. The third-order valence-electron chi connectivity index (χ3n) is 2.26. The van der Waals surface area contributed by atoms with Gasteiger partial charge in [-0.05, 0) is 24.6 Å². The average Bonchev–Trinajstić information content (AvgIpc) is 2.28. The molecule has 0 spiro atoms. The molecule has 4 nitrogen and oxygen atoms in total. The van der Waals surface area contributed by atoms with Crippen molar-refractivity contribution in [3.8, 4) is 6.07 Å². The summed E-state index contributed by atoms with van der Waals surface area (Å²) < 4.78 is 0. The van der Waals surface area contributed by atoms with Crippen LogP contribution in [-0.4, -0.2) is 24.2 Å². The van der Waals surface area contributed by atoms with Crippen LogP contribution in [0.25, 0.3) is 0 Å². The molecule has 0 aliphatic heterocycles. The Bertz CT molecular complexity index is 454. The zero-order valence-corrected chi connectivity index (χ0v) is 10.2. The fourth-order valence-corrected chi connectivity index (χ4v) is 1.74. The van der Waals surface area contributed by atoms with E-state index < -0.39 is 5.97 Å². The molecular weight excluding hydrogens is 240 g/mol. The molecule has 0 aliphatic carbocycles. The van der Waals surface area contributed by atoms with Gasteiger partial charge in [0, 0.05) is 12.2 Å². The van der Waals surface area contributed by atoms with Crippen molar-refractivity contribution in [2.45, 2.75) is 13.3 Å². The number of carbonyl (C=O) groups is 1. The van der Waals surface area contributed by atoms with Crippen molar-refractivity contribution < 1.29 is 9.90 Å². The molecule has 0 atom stereocenters. The van der Waals surface area contributed by atoms with Crippen LogP contribution in [0, 0.1) is 11.3 Å². The summed E-state index contributed by atoms with van der Waals surface area (Å²) >= 11 is 5.91. The Labute approximate surface area is 105 Å². The summed E-state index contributed by atoms with van der Waals surface area (Å²) in [6.07, 6.45) is 0.838. The van der Waals surface area contributed by atoms with E-state index in [4.69, 9.17) is 22.0 Å². The van der Waals surface area contributed by atoms with Gasteiger partial charge in [-0.2, -0.15) is 5.26 Å². The quantitative estimate of drug-likeness (QED) is 0.875. The van der Waals surface area contributed by atoms with Gasteiger partial charge in [0.15, 0.2) is 0 Å². The van der Waals surface area contributed by atoms with E-state index in [2.05, 4.69) is 0 Å². The Morgan fingerprint density at radius 3 is 2.76 bits per heavy atom. The molecule has 0 unspecified atom stereocenters. The molecule has 0 fully saturated rings. The lowest BCUT2D eigenvalue weighted by atomic mass is 10.2. The van der Waals surface area contributed by atoms with Gasteiger partial charge in [0.1, 0.15) is 12.6 Å². The van der Waals surface area contributed by atoms with Crippen LogP contribution >= 0.6 is 11.6 Å². The lowest BCUT2D eigenvalue weighted by molar-refractivity contribution is -0.135. The first kappa shape index (κ1) is 13.3. The first-order chi connectivity index (χ1) is 8.08. The van der Waals surface area contributed by atoms with Gasteiger partial charge < -0.3 is 10.0 Å². The Balaban J connectivity index is 2.98. The molecule has 5 heteroatoms. The SMILES string of the molecule is CCCN(CC(=O)O)c1ccc(C#N)c(Cl)c1. The fraction of sp³-hybridized carbons (Fsp3) is 0.333. The van der Waals surface area contributed by atoms with E-state index in [9.17, 15) is 4.79 Å². The van der Waals surface area contributed by atoms with Crippen LogP contribution in [-0.2, 0) is 4.79 Å². The maximum absolute atomic E-state index is 10.7. The highest BCUT2D eigenvalue weighted by Crippen LogP contribution is 2.23. The number of hydrogen-bond acceptors (Lipinski definition) is 3. The molecule has 1 aromatic rings. The number of aliphatic carboxylic acids is 1. The van der Waals surface area contributed by atoms with E-state index in [1.54, 1.807) is 23.1 Å². The zero-order chi connectivity index (χ0) is 12.8. The zero-order valence-electron chi connectivity index (χ0n) is 9.48. The van der Waals surface area contributed by atoms with Crippen LogP contribution in [0.3, 0.4) is 0 Å². The molecule has 0 heterocycles. The van der Waals surface area contributed by atoms with Crippen LogP contribution < -0.4 is 4.90 Å². The third-order valence-corrected chi connectivity index (χ3v) is 2.57. The molecule has 0 saturated heterocycles. The highest BCUT2D eigenvalue weighted by Gasteiger charge is 2.11. The number of halogens is 1. The summed E-state index contributed by atoms with van der Waals surface area (Å²) in [6.45, 7) is 2.53. The molecular formula is C12H13ClN2O2. The van der Waals surface area contributed by atoms with Crippen LogP contribution in [0.1, 0.15) is 18.9 Å². The number of nitrogens with zero attached hydrogens (tertiary/aromatic N) is 2. The largest absolute Gasteiger partial charge is 0.480 e. The molecule has 0 radical (unpaired) electrons. The predicted molar refractivity (Wildman–Crippen MR) is 66.3 cm³/mol. The van der Waals surface area contributed by atoms with Gasteiger partial charge in [-0.15, -0.1) is 0 Å². The summed E-state index contributed by atoms with van der Waals surface area (Å²) in [6, 6.07) is 6.90. The van der Waals surface area contributed by atoms with E-state index in [-0.39, 0.29) is 6.54 Å². The van der Waals surface area contributed by atoms with Crippen molar-refractivity contribution in [2.75, 3.05) is 18.0 Å². The van der Waals surface area contributed by atoms with Gasteiger partial charge in [0.2, 0.25) is 0 Å². The average molecular weight is 253 g/mol. The van der Waals surface area contributed by atoms with Crippen molar-refractivity contribution in [1.29, 1.82) is 5.26 Å². The fourth-order valence-electron chi connectivity index (χ4n) is 1.52. The molecule has 90 valence electrons. The minimum absolute atomic E-state index is 0.0733. The maximum atomic E-state index is 10.7. The van der Waals surface area contributed by atoms with E-state index in [1.807, 2.05) is 13.0 Å². The summed E-state index contributed by atoms with van der Waals surface area (Å²) in [5.74, 6) is -0.890. The molecule has 0 amide bonds. The Kier molecular flexibility index (Phi) is 4.80. The molecule has 17 heavy (non-hydrogen) atoms. The molecule has 0 bridgehead atoms. The second-order valence-electron chi connectivity index (χ2n) is 3.59. The normalized spacial score (nSPS) is 9.71. The maximum Gasteiger partial charge on any atom is 0.323 e. The van der Waals surface area contributed by atoms with Gasteiger partial charge >= 0.3 is 5.97 Å². The van der Waals surface area contributed by atoms with Gasteiger partial charge in [0.05, 0.1) is 10.6 Å². The van der Waals surface area contributed by atoms with Gasteiger partial charge in [0.25, 0.3) is 0 Å². The van der Waals surface area contributed by atoms with Gasteiger partial charge in [-0.3, -0.25) is 4.79 Å². The highest BCUT2D eigenvalue weighted by atomic mass is 35.5. The molecule has 1 N–H and O–H groups in total. The Morgan fingerprint density at radius 1 is 1.59 bits per heavy atom. The number of anilines is 1. The first-order valence-electron chi connectivity index (χ1n) is 5.25. The van der Waals surface area contributed by atoms with Crippen LogP contribution in [0.5, 0.6) is 0 Å². The second-order valence-corrected chi connectivity index (χ2v) is 4.00. The number of benzene rings is 1. The lowest BCUT2D eigenvalue weighted by Crippen LogP contribution is -2.30. The third kappa shape index (κ3) is 3.65. The van der Waals surface area contributed by atoms with Crippen molar-refractivity contribution in [1.82, 2.24) is 0 Å². The summed E-state index contributed by atoms with van der Waals surface area (Å²) in [4.78, 5) is 12.5. The summed E-state index contributed by atoms with van der Waals surface area (Å²) in [5, 5.41) is 17.9. The standard InChI is InChI=1S/C12H13ClN2O2/c1-2-5-15(8-12(16)17)10-4-3-9(7-14)11(13)6-10/h3-4,6H,2,5,8H2,1H3,(H,16,17). The molecule has 0 aromatic heterocycles. The van der Waals surface area contributed by atoms with Crippen molar-refractivity contribution in [3.05, 3.63) is 28.8 Å². The molecule has 1 aromatic carbocycles. The van der Waals surface area contributed by atoms with E-state index in [1.165, 1.54) is 0 Å². The molecule has 0 saturated carbocycles. The summed E-state index contributed by atoms with van der Waals surface area (Å²) in [5.41, 5.74) is 1.11.